The fourth-order valence-electron chi connectivity index (χ4n) is 2.48. The number of anilines is 1. The first-order chi connectivity index (χ1) is 9.99. The van der Waals surface area contributed by atoms with E-state index in [2.05, 4.69) is 26.5 Å². The van der Waals surface area contributed by atoms with Crippen molar-refractivity contribution in [2.24, 2.45) is 0 Å². The lowest BCUT2D eigenvalue weighted by Gasteiger charge is -2.09. The van der Waals surface area contributed by atoms with Crippen LogP contribution in [0.25, 0.3) is 11.3 Å². The van der Waals surface area contributed by atoms with Crippen molar-refractivity contribution in [2.45, 2.75) is 33.2 Å². The lowest BCUT2D eigenvalue weighted by Crippen LogP contribution is -2.07. The molecule has 0 spiro atoms. The topological polar surface area (TPSA) is 53.1 Å². The third-order valence-electron chi connectivity index (χ3n) is 3.53. The van der Waals surface area contributed by atoms with Gasteiger partial charge in [0.25, 0.3) is 0 Å². The van der Waals surface area contributed by atoms with E-state index in [9.17, 15) is 0 Å². The summed E-state index contributed by atoms with van der Waals surface area (Å²) in [5.41, 5.74) is 9.21. The number of aryl methyl sites for hydroxylation is 1. The summed E-state index contributed by atoms with van der Waals surface area (Å²) in [6.45, 7) is 10.7. The van der Waals surface area contributed by atoms with Gasteiger partial charge in [0.15, 0.2) is 0 Å². The number of hydrogen-bond donors (Lipinski definition) is 1. The van der Waals surface area contributed by atoms with Gasteiger partial charge in [-0.2, -0.15) is 0 Å². The van der Waals surface area contributed by atoms with Crippen LogP contribution in [-0.2, 0) is 6.54 Å². The fourth-order valence-corrected chi connectivity index (χ4v) is 2.48. The Morgan fingerprint density at radius 3 is 2.67 bits per heavy atom. The summed E-state index contributed by atoms with van der Waals surface area (Å²) in [4.78, 5) is 4.74. The first-order valence-corrected chi connectivity index (χ1v) is 7.11. The van der Waals surface area contributed by atoms with Crippen molar-refractivity contribution in [3.8, 4) is 17.0 Å². The third-order valence-corrected chi connectivity index (χ3v) is 3.53. The molecule has 0 aliphatic rings. The molecule has 2 rings (SSSR count). The molecule has 2 aromatic rings. The van der Waals surface area contributed by atoms with E-state index < -0.39 is 0 Å². The Kier molecular flexibility index (Phi) is 4.36. The molecule has 0 aliphatic carbocycles. The second-order valence-electron chi connectivity index (χ2n) is 5.44. The van der Waals surface area contributed by atoms with Crippen LogP contribution in [0.3, 0.4) is 0 Å². The summed E-state index contributed by atoms with van der Waals surface area (Å²) in [6.07, 6.45) is 1.84. The summed E-state index contributed by atoms with van der Waals surface area (Å²) in [6, 6.07) is 6.00. The number of ether oxygens (including phenoxy) is 1. The molecule has 0 atom stereocenters. The zero-order chi connectivity index (χ0) is 15.6. The van der Waals surface area contributed by atoms with E-state index in [4.69, 9.17) is 15.5 Å². The maximum Gasteiger partial charge on any atom is 0.132 e. The van der Waals surface area contributed by atoms with Crippen LogP contribution in [0.2, 0.25) is 0 Å². The number of nitrogens with two attached hydrogens (primary N) is 1. The molecular weight excluding hydrogens is 262 g/mol. The van der Waals surface area contributed by atoms with Crippen LogP contribution in [0.15, 0.2) is 30.9 Å². The molecule has 1 heterocycles. The molecule has 4 nitrogen and oxygen atoms in total. The predicted molar refractivity (Wildman–Crippen MR) is 87.7 cm³/mol. The Balaban J connectivity index is 2.56. The van der Waals surface area contributed by atoms with Crippen LogP contribution in [0.5, 0.6) is 5.75 Å². The Bertz CT molecular complexity index is 656. The predicted octanol–water partition coefficient (Wildman–Crippen LogP) is 3.76. The van der Waals surface area contributed by atoms with Crippen molar-refractivity contribution in [2.75, 3.05) is 12.8 Å². The van der Waals surface area contributed by atoms with Crippen LogP contribution in [0.4, 0.5) is 5.82 Å². The first-order valence-electron chi connectivity index (χ1n) is 7.11. The molecule has 1 aromatic heterocycles. The maximum atomic E-state index is 6.30. The highest BCUT2D eigenvalue weighted by Crippen LogP contribution is 2.32. The standard InChI is InChI=1S/C17H23N3O/c1-6-9-20-16(18)15(19-17(20)11(2)3)13-7-8-14(21-5)12(4)10-13/h6-8,10-11H,1,9,18H2,2-5H3. The van der Waals surface area contributed by atoms with Gasteiger partial charge in [-0.3, -0.25) is 0 Å². The van der Waals surface area contributed by atoms with Gasteiger partial charge in [0, 0.05) is 18.0 Å². The number of benzene rings is 1. The van der Waals surface area contributed by atoms with Crippen LogP contribution < -0.4 is 10.5 Å². The highest BCUT2D eigenvalue weighted by atomic mass is 16.5. The second kappa shape index (κ2) is 6.04. The number of nitrogen functional groups attached to an aromatic ring is 1. The molecule has 0 amide bonds. The maximum absolute atomic E-state index is 6.30. The van der Waals surface area contributed by atoms with Crippen molar-refractivity contribution >= 4 is 5.82 Å². The molecule has 0 bridgehead atoms. The number of aromatic nitrogens is 2. The normalized spacial score (nSPS) is 10.9. The summed E-state index contributed by atoms with van der Waals surface area (Å²) in [7, 11) is 1.67. The van der Waals surface area contributed by atoms with Crippen LogP contribution in [-0.4, -0.2) is 16.7 Å². The largest absolute Gasteiger partial charge is 0.496 e. The Hall–Kier alpha value is -2.23. The monoisotopic (exact) mass is 285 g/mol. The zero-order valence-electron chi connectivity index (χ0n) is 13.2. The van der Waals surface area contributed by atoms with E-state index >= 15 is 0 Å². The number of methoxy groups -OCH3 is 1. The second-order valence-corrected chi connectivity index (χ2v) is 5.44. The van der Waals surface area contributed by atoms with Gasteiger partial charge in [0.05, 0.1) is 7.11 Å². The summed E-state index contributed by atoms with van der Waals surface area (Å²) < 4.78 is 7.32. The van der Waals surface area contributed by atoms with Gasteiger partial charge >= 0.3 is 0 Å². The van der Waals surface area contributed by atoms with Crippen molar-refractivity contribution in [1.82, 2.24) is 9.55 Å². The van der Waals surface area contributed by atoms with Gasteiger partial charge in [-0.05, 0) is 30.7 Å². The lowest BCUT2D eigenvalue weighted by molar-refractivity contribution is 0.412. The van der Waals surface area contributed by atoms with Crippen molar-refractivity contribution < 1.29 is 4.74 Å². The molecule has 112 valence electrons. The SMILES string of the molecule is C=CCn1c(C(C)C)nc(-c2ccc(OC)c(C)c2)c1N. The van der Waals surface area contributed by atoms with E-state index in [0.717, 1.165) is 28.4 Å². The molecule has 0 radical (unpaired) electrons. The van der Waals surface area contributed by atoms with Gasteiger partial charge in [-0.1, -0.05) is 19.9 Å². The van der Waals surface area contributed by atoms with E-state index in [1.807, 2.05) is 29.7 Å². The number of rotatable bonds is 5. The molecule has 4 heteroatoms. The molecule has 0 fully saturated rings. The zero-order valence-corrected chi connectivity index (χ0v) is 13.2. The smallest absolute Gasteiger partial charge is 0.132 e. The molecule has 2 N–H and O–H groups in total. The number of allylic oxidation sites excluding steroid dienone is 1. The van der Waals surface area contributed by atoms with Gasteiger partial charge in [0.2, 0.25) is 0 Å². The molecule has 0 aliphatic heterocycles. The van der Waals surface area contributed by atoms with Crippen LogP contribution >= 0.6 is 0 Å². The average Bonchev–Trinajstić information content (AvgIpc) is 2.77. The molecule has 0 unspecified atom stereocenters. The molecular formula is C17H23N3O. The van der Waals surface area contributed by atoms with Gasteiger partial charge in [-0.25, -0.2) is 4.98 Å². The fraction of sp³-hybridized carbons (Fsp3) is 0.353. The number of nitrogens with zero attached hydrogens (tertiary/aromatic N) is 2. The minimum atomic E-state index is 0.306. The molecule has 1 aromatic carbocycles. The Morgan fingerprint density at radius 1 is 1.43 bits per heavy atom. The molecule has 0 saturated carbocycles. The average molecular weight is 285 g/mol. The van der Waals surface area contributed by atoms with Gasteiger partial charge < -0.3 is 15.0 Å². The van der Waals surface area contributed by atoms with E-state index in [1.165, 1.54) is 0 Å². The van der Waals surface area contributed by atoms with Crippen LogP contribution in [0.1, 0.15) is 31.2 Å². The Labute approximate surface area is 126 Å². The van der Waals surface area contributed by atoms with E-state index in [1.54, 1.807) is 7.11 Å². The van der Waals surface area contributed by atoms with E-state index in [-0.39, 0.29) is 0 Å². The van der Waals surface area contributed by atoms with Crippen molar-refractivity contribution in [3.63, 3.8) is 0 Å². The summed E-state index contributed by atoms with van der Waals surface area (Å²) in [5.74, 6) is 2.84. The summed E-state index contributed by atoms with van der Waals surface area (Å²) in [5, 5.41) is 0. The first kappa shape index (κ1) is 15.2. The third kappa shape index (κ3) is 2.79. The quantitative estimate of drug-likeness (QED) is 0.851. The van der Waals surface area contributed by atoms with E-state index in [0.29, 0.717) is 18.3 Å². The lowest BCUT2D eigenvalue weighted by atomic mass is 10.1. The number of imidazole rings is 1. The number of hydrogen-bond acceptors (Lipinski definition) is 3. The van der Waals surface area contributed by atoms with Crippen molar-refractivity contribution in [3.05, 3.63) is 42.2 Å². The summed E-state index contributed by atoms with van der Waals surface area (Å²) >= 11 is 0. The molecule has 21 heavy (non-hydrogen) atoms. The highest BCUT2D eigenvalue weighted by Gasteiger charge is 2.18. The Morgan fingerprint density at radius 2 is 2.14 bits per heavy atom. The van der Waals surface area contributed by atoms with Crippen molar-refractivity contribution in [1.29, 1.82) is 0 Å². The van der Waals surface area contributed by atoms with Crippen LogP contribution in [0, 0.1) is 6.92 Å². The van der Waals surface area contributed by atoms with Gasteiger partial charge in [-0.15, -0.1) is 6.58 Å². The highest BCUT2D eigenvalue weighted by molar-refractivity contribution is 5.72. The van der Waals surface area contributed by atoms with Gasteiger partial charge in [0.1, 0.15) is 23.1 Å². The minimum absolute atomic E-state index is 0.306. The minimum Gasteiger partial charge on any atom is -0.496 e. The molecule has 0 saturated heterocycles.